The highest BCUT2D eigenvalue weighted by Gasteiger charge is 2.21. The Hall–Kier alpha value is -1.62. The maximum absolute atomic E-state index is 13.4. The lowest BCUT2D eigenvalue weighted by molar-refractivity contribution is -0.105. The predicted molar refractivity (Wildman–Crippen MR) is 51.3 cm³/mol. The summed E-state index contributed by atoms with van der Waals surface area (Å²) in [6.45, 7) is 0.988. The van der Waals surface area contributed by atoms with Gasteiger partial charge in [-0.1, -0.05) is 0 Å². The zero-order valence-electron chi connectivity index (χ0n) is 7.90. The molecular weight excluding hydrogens is 201 g/mol. The summed E-state index contributed by atoms with van der Waals surface area (Å²) in [5.74, 6) is -0.312. The minimum absolute atomic E-state index is 0.0654. The Labute approximate surface area is 86.0 Å². The van der Waals surface area contributed by atoms with E-state index in [0.717, 1.165) is 0 Å². The molecule has 0 aromatic heterocycles. The van der Waals surface area contributed by atoms with E-state index in [1.165, 1.54) is 12.1 Å². The molecule has 1 N–H and O–H groups in total. The Bertz CT molecular complexity index is 366. The van der Waals surface area contributed by atoms with E-state index in [4.69, 9.17) is 9.47 Å². The molecule has 1 aromatic carbocycles. The second-order valence-electron chi connectivity index (χ2n) is 3.18. The first-order valence-electron chi connectivity index (χ1n) is 4.54. The largest absolute Gasteiger partial charge is 0.483 e. The van der Waals surface area contributed by atoms with Crippen LogP contribution >= 0.6 is 0 Å². The molecule has 2 rings (SSSR count). The van der Waals surface area contributed by atoms with Crippen LogP contribution in [0, 0.1) is 5.82 Å². The van der Waals surface area contributed by atoms with E-state index in [0.29, 0.717) is 25.3 Å². The number of carbonyl (C=O) groups excluding carboxylic acids is 1. The zero-order chi connectivity index (χ0) is 10.7. The van der Waals surface area contributed by atoms with Crippen molar-refractivity contribution >= 4 is 12.1 Å². The minimum Gasteiger partial charge on any atom is -0.483 e. The number of nitrogens with one attached hydrogen (secondary N) is 1. The van der Waals surface area contributed by atoms with Crippen molar-refractivity contribution in [2.75, 3.05) is 18.5 Å². The zero-order valence-corrected chi connectivity index (χ0v) is 7.90. The fraction of sp³-hybridized carbons (Fsp3) is 0.300. The maximum atomic E-state index is 13.4. The number of hydrogen-bond acceptors (Lipinski definition) is 3. The van der Waals surface area contributed by atoms with Crippen LogP contribution in [0.2, 0.25) is 0 Å². The molecule has 0 radical (unpaired) electrons. The van der Waals surface area contributed by atoms with Gasteiger partial charge in [-0.15, -0.1) is 0 Å². The van der Waals surface area contributed by atoms with Gasteiger partial charge in [0.2, 0.25) is 6.41 Å². The molecule has 1 saturated heterocycles. The molecule has 0 atom stereocenters. The summed E-state index contributed by atoms with van der Waals surface area (Å²) >= 11 is 0. The van der Waals surface area contributed by atoms with Crippen molar-refractivity contribution in [2.45, 2.75) is 6.10 Å². The Morgan fingerprint density at radius 1 is 1.53 bits per heavy atom. The normalized spacial score (nSPS) is 15.5. The van der Waals surface area contributed by atoms with Crippen LogP contribution in [-0.4, -0.2) is 25.7 Å². The van der Waals surface area contributed by atoms with Gasteiger partial charge in [0.25, 0.3) is 0 Å². The topological polar surface area (TPSA) is 47.6 Å². The van der Waals surface area contributed by atoms with Gasteiger partial charge >= 0.3 is 0 Å². The van der Waals surface area contributed by atoms with Gasteiger partial charge in [0, 0.05) is 11.8 Å². The van der Waals surface area contributed by atoms with E-state index in [1.54, 1.807) is 6.07 Å². The highest BCUT2D eigenvalue weighted by molar-refractivity contribution is 5.71. The van der Waals surface area contributed by atoms with Crippen LogP contribution in [-0.2, 0) is 9.53 Å². The van der Waals surface area contributed by atoms with E-state index in [2.05, 4.69) is 5.32 Å². The van der Waals surface area contributed by atoms with Crippen LogP contribution in [0.4, 0.5) is 10.1 Å². The van der Waals surface area contributed by atoms with Crippen molar-refractivity contribution in [3.05, 3.63) is 24.0 Å². The van der Waals surface area contributed by atoms with Gasteiger partial charge < -0.3 is 14.8 Å². The SMILES string of the molecule is O=CNc1ccc(OC2COC2)c(F)c1. The summed E-state index contributed by atoms with van der Waals surface area (Å²) in [5.41, 5.74) is 0.403. The number of amides is 1. The van der Waals surface area contributed by atoms with Gasteiger partial charge in [-0.2, -0.15) is 0 Å². The second-order valence-corrected chi connectivity index (χ2v) is 3.18. The highest BCUT2D eigenvalue weighted by atomic mass is 19.1. The predicted octanol–water partition coefficient (Wildman–Crippen LogP) is 1.17. The number of ether oxygens (including phenoxy) is 2. The highest BCUT2D eigenvalue weighted by Crippen LogP contribution is 2.23. The quantitative estimate of drug-likeness (QED) is 0.760. The second kappa shape index (κ2) is 4.27. The van der Waals surface area contributed by atoms with Gasteiger partial charge in [0.15, 0.2) is 11.6 Å². The van der Waals surface area contributed by atoms with E-state index >= 15 is 0 Å². The first kappa shape index (κ1) is 9.92. The fourth-order valence-corrected chi connectivity index (χ4v) is 1.22. The van der Waals surface area contributed by atoms with Crippen molar-refractivity contribution in [2.24, 2.45) is 0 Å². The van der Waals surface area contributed by atoms with Gasteiger partial charge in [-0.05, 0) is 12.1 Å². The minimum atomic E-state index is -0.492. The lowest BCUT2D eigenvalue weighted by atomic mass is 10.2. The lowest BCUT2D eigenvalue weighted by Crippen LogP contribution is -2.38. The summed E-state index contributed by atoms with van der Waals surface area (Å²) in [4.78, 5) is 10.1. The Kier molecular flexibility index (Phi) is 2.82. The molecule has 15 heavy (non-hydrogen) atoms. The monoisotopic (exact) mass is 211 g/mol. The summed E-state index contributed by atoms with van der Waals surface area (Å²) in [5, 5.41) is 2.36. The number of rotatable bonds is 4. The number of carbonyl (C=O) groups is 1. The Morgan fingerprint density at radius 2 is 2.33 bits per heavy atom. The number of halogens is 1. The summed E-state index contributed by atoms with van der Waals surface area (Å²) in [7, 11) is 0. The van der Waals surface area contributed by atoms with Gasteiger partial charge in [0.1, 0.15) is 6.10 Å². The molecule has 0 saturated carbocycles. The molecule has 4 nitrogen and oxygen atoms in total. The molecular formula is C10H10FNO3. The van der Waals surface area contributed by atoms with Crippen LogP contribution in [0.3, 0.4) is 0 Å². The Morgan fingerprint density at radius 3 is 2.87 bits per heavy atom. The van der Waals surface area contributed by atoms with Crippen LogP contribution in [0.1, 0.15) is 0 Å². The van der Waals surface area contributed by atoms with Crippen molar-refractivity contribution in [3.8, 4) is 5.75 Å². The average molecular weight is 211 g/mol. The molecule has 1 aliphatic rings. The van der Waals surface area contributed by atoms with Crippen LogP contribution in [0.15, 0.2) is 18.2 Å². The summed E-state index contributed by atoms with van der Waals surface area (Å²) in [6, 6.07) is 4.27. The molecule has 80 valence electrons. The van der Waals surface area contributed by atoms with E-state index < -0.39 is 5.82 Å². The standard InChI is InChI=1S/C10H10FNO3/c11-9-3-7(12-6-13)1-2-10(9)15-8-4-14-5-8/h1-3,6,8H,4-5H2,(H,12,13). The van der Waals surface area contributed by atoms with Crippen molar-refractivity contribution in [1.82, 2.24) is 0 Å². The van der Waals surface area contributed by atoms with E-state index in [-0.39, 0.29) is 11.9 Å². The lowest BCUT2D eigenvalue weighted by Gasteiger charge is -2.26. The molecule has 0 aliphatic carbocycles. The average Bonchev–Trinajstić information content (AvgIpc) is 2.14. The third-order valence-electron chi connectivity index (χ3n) is 2.06. The third kappa shape index (κ3) is 2.24. The van der Waals surface area contributed by atoms with Crippen molar-refractivity contribution in [1.29, 1.82) is 0 Å². The first-order chi connectivity index (χ1) is 7.29. The third-order valence-corrected chi connectivity index (χ3v) is 2.06. The molecule has 0 spiro atoms. The molecule has 1 amide bonds. The molecule has 0 bridgehead atoms. The van der Waals surface area contributed by atoms with Gasteiger partial charge in [0.05, 0.1) is 13.2 Å². The smallest absolute Gasteiger partial charge is 0.211 e. The summed E-state index contributed by atoms with van der Waals surface area (Å²) in [6.07, 6.45) is 0.430. The van der Waals surface area contributed by atoms with Gasteiger partial charge in [-0.3, -0.25) is 4.79 Å². The number of hydrogen-bond donors (Lipinski definition) is 1. The molecule has 5 heteroatoms. The van der Waals surface area contributed by atoms with Gasteiger partial charge in [-0.25, -0.2) is 4.39 Å². The van der Waals surface area contributed by atoms with E-state index in [9.17, 15) is 9.18 Å². The van der Waals surface area contributed by atoms with Crippen LogP contribution in [0.25, 0.3) is 0 Å². The van der Waals surface area contributed by atoms with Crippen LogP contribution < -0.4 is 10.1 Å². The summed E-state index contributed by atoms with van der Waals surface area (Å²) < 4.78 is 23.6. The van der Waals surface area contributed by atoms with E-state index in [1.807, 2.05) is 0 Å². The molecule has 1 fully saturated rings. The number of benzene rings is 1. The molecule has 1 aliphatic heterocycles. The number of anilines is 1. The van der Waals surface area contributed by atoms with Crippen molar-refractivity contribution < 1.29 is 18.7 Å². The fourth-order valence-electron chi connectivity index (χ4n) is 1.22. The Balaban J connectivity index is 2.07. The first-order valence-corrected chi connectivity index (χ1v) is 4.54. The van der Waals surface area contributed by atoms with Crippen LogP contribution in [0.5, 0.6) is 5.75 Å². The van der Waals surface area contributed by atoms with Crippen molar-refractivity contribution in [3.63, 3.8) is 0 Å². The molecule has 1 heterocycles. The maximum Gasteiger partial charge on any atom is 0.211 e. The molecule has 1 aromatic rings. The molecule has 0 unspecified atom stereocenters.